The molecule has 1 atom stereocenters. The van der Waals surface area contributed by atoms with Crippen molar-refractivity contribution in [1.29, 1.82) is 0 Å². The Labute approximate surface area is 189 Å². The fraction of sp³-hybridized carbons (Fsp3) is 0.692. The van der Waals surface area contributed by atoms with Crippen molar-refractivity contribution in [3.05, 3.63) is 29.8 Å². The highest BCUT2D eigenvalue weighted by Gasteiger charge is 2.22. The van der Waals surface area contributed by atoms with Gasteiger partial charge in [-0.05, 0) is 31.0 Å². The van der Waals surface area contributed by atoms with Gasteiger partial charge in [0.1, 0.15) is 11.8 Å². The summed E-state index contributed by atoms with van der Waals surface area (Å²) < 4.78 is 5.11. The highest BCUT2D eigenvalue weighted by molar-refractivity contribution is 5.84. The van der Waals surface area contributed by atoms with E-state index in [0.717, 1.165) is 24.8 Å². The predicted molar refractivity (Wildman–Crippen MR) is 126 cm³/mol. The van der Waals surface area contributed by atoms with Crippen LogP contribution in [0.4, 0.5) is 0 Å². The summed E-state index contributed by atoms with van der Waals surface area (Å²) >= 11 is 0. The molecule has 176 valence electrons. The van der Waals surface area contributed by atoms with Crippen LogP contribution in [0.3, 0.4) is 0 Å². The Morgan fingerprint density at radius 1 is 0.839 bits per heavy atom. The maximum Gasteiger partial charge on any atom is 0.328 e. The lowest BCUT2D eigenvalue weighted by Gasteiger charge is -2.17. The Morgan fingerprint density at radius 3 is 1.87 bits per heavy atom. The largest absolute Gasteiger partial charge is 0.508 e. The molecule has 0 aliphatic heterocycles. The highest BCUT2D eigenvalue weighted by Crippen LogP contribution is 2.14. The van der Waals surface area contributed by atoms with E-state index < -0.39 is 12.0 Å². The topological polar surface area (TPSA) is 75.6 Å². The van der Waals surface area contributed by atoms with Gasteiger partial charge < -0.3 is 15.2 Å². The summed E-state index contributed by atoms with van der Waals surface area (Å²) in [5.74, 6) is -0.352. The molecule has 0 heterocycles. The van der Waals surface area contributed by atoms with E-state index in [1.807, 2.05) is 0 Å². The molecule has 0 aromatic heterocycles. The Hall–Kier alpha value is -2.04. The molecule has 0 saturated carbocycles. The van der Waals surface area contributed by atoms with E-state index in [1.54, 1.807) is 31.2 Å². The molecule has 5 heteroatoms. The van der Waals surface area contributed by atoms with Crippen molar-refractivity contribution in [3.63, 3.8) is 0 Å². The molecule has 0 radical (unpaired) electrons. The zero-order chi connectivity index (χ0) is 22.7. The number of ether oxygens (including phenoxy) is 1. The summed E-state index contributed by atoms with van der Waals surface area (Å²) in [5.41, 5.74) is 0.863. The van der Waals surface area contributed by atoms with Crippen LogP contribution in [0, 0.1) is 0 Å². The number of nitrogens with one attached hydrogen (secondary N) is 1. The Bertz CT molecular complexity index is 600. The third kappa shape index (κ3) is 13.8. The SMILES string of the molecule is CCCCCCCCCCCCCCC(=O)N[C@@H](Cc1ccc(O)cc1)C(=O)OCC. The van der Waals surface area contributed by atoms with Gasteiger partial charge in [-0.15, -0.1) is 0 Å². The van der Waals surface area contributed by atoms with Crippen molar-refractivity contribution in [3.8, 4) is 5.75 Å². The second-order valence-electron chi connectivity index (χ2n) is 8.38. The molecule has 1 amide bonds. The molecule has 5 nitrogen and oxygen atoms in total. The van der Waals surface area contributed by atoms with Gasteiger partial charge in [-0.25, -0.2) is 4.79 Å². The smallest absolute Gasteiger partial charge is 0.328 e. The lowest BCUT2D eigenvalue weighted by Crippen LogP contribution is -2.43. The number of carbonyl (C=O) groups excluding carboxylic acids is 2. The third-order valence-electron chi connectivity index (χ3n) is 5.54. The van der Waals surface area contributed by atoms with Crippen molar-refractivity contribution < 1.29 is 19.4 Å². The Balaban J connectivity index is 2.19. The first-order valence-electron chi connectivity index (χ1n) is 12.3. The normalized spacial score (nSPS) is 11.8. The lowest BCUT2D eigenvalue weighted by atomic mass is 10.0. The molecule has 1 rings (SSSR count). The monoisotopic (exact) mass is 433 g/mol. The number of unbranched alkanes of at least 4 members (excludes halogenated alkanes) is 11. The minimum Gasteiger partial charge on any atom is -0.508 e. The van der Waals surface area contributed by atoms with Crippen molar-refractivity contribution in [1.82, 2.24) is 5.32 Å². The summed E-state index contributed by atoms with van der Waals surface area (Å²) in [6.45, 7) is 4.28. The van der Waals surface area contributed by atoms with Crippen molar-refractivity contribution >= 4 is 11.9 Å². The number of hydrogen-bond donors (Lipinski definition) is 2. The van der Waals surface area contributed by atoms with Gasteiger partial charge in [0.2, 0.25) is 5.91 Å². The molecule has 0 bridgehead atoms. The first-order valence-corrected chi connectivity index (χ1v) is 12.3. The van der Waals surface area contributed by atoms with Crippen molar-refractivity contribution in [2.45, 2.75) is 110 Å². The van der Waals surface area contributed by atoms with Crippen LogP contribution in [0.1, 0.15) is 103 Å². The highest BCUT2D eigenvalue weighted by atomic mass is 16.5. The van der Waals surface area contributed by atoms with Gasteiger partial charge in [-0.3, -0.25) is 4.79 Å². The lowest BCUT2D eigenvalue weighted by molar-refractivity contribution is -0.147. The van der Waals surface area contributed by atoms with Crippen LogP contribution < -0.4 is 5.32 Å². The maximum absolute atomic E-state index is 12.3. The van der Waals surface area contributed by atoms with E-state index in [4.69, 9.17) is 4.74 Å². The minimum atomic E-state index is -0.700. The molecule has 0 aliphatic rings. The van der Waals surface area contributed by atoms with Gasteiger partial charge >= 0.3 is 5.97 Å². The minimum absolute atomic E-state index is 0.107. The summed E-state index contributed by atoms with van der Waals surface area (Å²) in [5, 5.41) is 12.2. The average Bonchev–Trinajstić information content (AvgIpc) is 2.75. The van der Waals surface area contributed by atoms with Crippen molar-refractivity contribution in [2.24, 2.45) is 0 Å². The summed E-state index contributed by atoms with van der Waals surface area (Å²) in [4.78, 5) is 24.6. The molecule has 0 unspecified atom stereocenters. The van der Waals surface area contributed by atoms with Gasteiger partial charge in [-0.2, -0.15) is 0 Å². The van der Waals surface area contributed by atoms with Gasteiger partial charge in [0.25, 0.3) is 0 Å². The van der Waals surface area contributed by atoms with Gasteiger partial charge in [0.15, 0.2) is 0 Å². The number of phenolic OH excluding ortho intramolecular Hbond substituents is 1. The Morgan fingerprint density at radius 2 is 1.35 bits per heavy atom. The molecule has 1 aromatic rings. The van der Waals surface area contributed by atoms with E-state index in [-0.39, 0.29) is 18.3 Å². The summed E-state index contributed by atoms with van der Waals surface area (Å²) in [6, 6.07) is 5.95. The number of hydrogen-bond acceptors (Lipinski definition) is 4. The number of aromatic hydroxyl groups is 1. The molecule has 1 aromatic carbocycles. The number of phenols is 1. The predicted octanol–water partition coefficient (Wildman–Crippen LogP) is 6.07. The molecule has 0 saturated heterocycles. The summed E-state index contributed by atoms with van der Waals surface area (Å²) in [6.07, 6.45) is 15.8. The van der Waals surface area contributed by atoms with Crippen LogP contribution in [-0.4, -0.2) is 29.6 Å². The molecule has 31 heavy (non-hydrogen) atoms. The number of rotatable bonds is 18. The van der Waals surface area contributed by atoms with E-state index in [2.05, 4.69) is 12.2 Å². The average molecular weight is 434 g/mol. The van der Waals surface area contributed by atoms with Gasteiger partial charge in [-0.1, -0.05) is 89.7 Å². The Kier molecular flexibility index (Phi) is 15.3. The first kappa shape index (κ1) is 27.0. The van der Waals surface area contributed by atoms with Crippen LogP contribution in [0.2, 0.25) is 0 Å². The van der Waals surface area contributed by atoms with E-state index in [0.29, 0.717) is 12.8 Å². The van der Waals surface area contributed by atoms with Crippen LogP contribution in [-0.2, 0) is 20.7 Å². The fourth-order valence-electron chi connectivity index (χ4n) is 3.70. The van der Waals surface area contributed by atoms with Crippen LogP contribution in [0.5, 0.6) is 5.75 Å². The molecular weight excluding hydrogens is 390 g/mol. The van der Waals surface area contributed by atoms with E-state index >= 15 is 0 Å². The second kappa shape index (κ2) is 17.6. The summed E-state index contributed by atoms with van der Waals surface area (Å²) in [7, 11) is 0. The quantitative estimate of drug-likeness (QED) is 0.217. The second-order valence-corrected chi connectivity index (χ2v) is 8.38. The zero-order valence-electron chi connectivity index (χ0n) is 19.7. The van der Waals surface area contributed by atoms with Crippen LogP contribution in [0.25, 0.3) is 0 Å². The number of esters is 1. The third-order valence-corrected chi connectivity index (χ3v) is 5.54. The number of amides is 1. The number of carbonyl (C=O) groups is 2. The molecular formula is C26H43NO4. The molecule has 2 N–H and O–H groups in total. The standard InChI is InChI=1S/C26H43NO4/c1-3-5-6-7-8-9-10-11-12-13-14-15-16-25(29)27-24(26(30)31-4-2)21-22-17-19-23(28)20-18-22/h17-20,24,28H,3-16,21H2,1-2H3,(H,27,29)/t24-/m0/s1. The number of benzene rings is 1. The zero-order valence-corrected chi connectivity index (χ0v) is 19.7. The molecule has 0 spiro atoms. The fourth-order valence-corrected chi connectivity index (χ4v) is 3.70. The van der Waals surface area contributed by atoms with E-state index in [9.17, 15) is 14.7 Å². The van der Waals surface area contributed by atoms with Crippen molar-refractivity contribution in [2.75, 3.05) is 6.61 Å². The van der Waals surface area contributed by atoms with Crippen LogP contribution >= 0.6 is 0 Å². The van der Waals surface area contributed by atoms with Crippen LogP contribution in [0.15, 0.2) is 24.3 Å². The molecule has 0 fully saturated rings. The van der Waals surface area contributed by atoms with E-state index in [1.165, 1.54) is 57.8 Å². The molecule has 0 aliphatic carbocycles. The maximum atomic E-state index is 12.3. The first-order chi connectivity index (χ1) is 15.1. The van der Waals surface area contributed by atoms with Gasteiger partial charge in [0.05, 0.1) is 6.61 Å². The van der Waals surface area contributed by atoms with Gasteiger partial charge in [0, 0.05) is 12.8 Å².